The van der Waals surface area contributed by atoms with E-state index >= 15 is 0 Å². The molecule has 0 saturated heterocycles. The molecule has 2 atom stereocenters. The summed E-state index contributed by atoms with van der Waals surface area (Å²) >= 11 is 0. The third-order valence-electron chi connectivity index (χ3n) is 5.19. The van der Waals surface area contributed by atoms with E-state index in [1.54, 1.807) is 7.11 Å². The first-order valence-electron chi connectivity index (χ1n) is 8.11. The fraction of sp³-hybridized carbons (Fsp3) is 0.941. The second-order valence-corrected chi connectivity index (χ2v) is 6.44. The van der Waals surface area contributed by atoms with Gasteiger partial charge in [0.15, 0.2) is 0 Å². The lowest BCUT2D eigenvalue weighted by atomic mass is 9.58. The Kier molecular flexibility index (Phi) is 7.06. The monoisotopic (exact) mass is 268 g/mol. The van der Waals surface area contributed by atoms with Gasteiger partial charge < -0.3 is 4.74 Å². The van der Waals surface area contributed by atoms with Crippen molar-refractivity contribution >= 4 is 5.78 Å². The summed E-state index contributed by atoms with van der Waals surface area (Å²) in [4.78, 5) is 12.8. The Hall–Kier alpha value is -0.370. The molecule has 0 aromatic carbocycles. The smallest absolute Gasteiger partial charge is 0.141 e. The number of carbonyl (C=O) groups excluding carboxylic acids is 1. The lowest BCUT2D eigenvalue weighted by molar-refractivity contribution is -0.144. The number of hydrogen-bond acceptors (Lipinski definition) is 2. The van der Waals surface area contributed by atoms with Crippen LogP contribution in [0.2, 0.25) is 0 Å². The van der Waals surface area contributed by atoms with E-state index in [9.17, 15) is 4.79 Å². The maximum atomic E-state index is 12.8. The molecule has 0 aromatic rings. The van der Waals surface area contributed by atoms with Gasteiger partial charge in [-0.2, -0.15) is 0 Å². The van der Waals surface area contributed by atoms with Crippen molar-refractivity contribution in [1.29, 1.82) is 0 Å². The summed E-state index contributed by atoms with van der Waals surface area (Å²) in [6.45, 7) is 7.32. The second kappa shape index (κ2) is 8.04. The van der Waals surface area contributed by atoms with Crippen LogP contribution in [-0.4, -0.2) is 19.5 Å². The summed E-state index contributed by atoms with van der Waals surface area (Å²) in [5, 5.41) is 0. The fourth-order valence-electron chi connectivity index (χ4n) is 3.83. The van der Waals surface area contributed by atoms with Crippen molar-refractivity contribution in [1.82, 2.24) is 0 Å². The van der Waals surface area contributed by atoms with Crippen molar-refractivity contribution in [2.45, 2.75) is 72.1 Å². The van der Waals surface area contributed by atoms with Gasteiger partial charge >= 0.3 is 0 Å². The van der Waals surface area contributed by atoms with Crippen molar-refractivity contribution in [2.24, 2.45) is 17.3 Å². The van der Waals surface area contributed by atoms with Crippen LogP contribution >= 0.6 is 0 Å². The van der Waals surface area contributed by atoms with Crippen molar-refractivity contribution in [3.63, 3.8) is 0 Å². The van der Waals surface area contributed by atoms with Crippen LogP contribution in [0.1, 0.15) is 72.1 Å². The number of ketones is 1. The molecule has 0 spiro atoms. The van der Waals surface area contributed by atoms with Gasteiger partial charge in [0.2, 0.25) is 0 Å². The van der Waals surface area contributed by atoms with Gasteiger partial charge in [-0.3, -0.25) is 4.79 Å². The zero-order chi connectivity index (χ0) is 14.3. The summed E-state index contributed by atoms with van der Waals surface area (Å²) < 4.78 is 5.45. The standard InChI is InChI=1S/C17H32O2/c1-5-6-7-8-12-16(18)17(13-19-4)14(2)10-9-11-15(17)3/h14-15H,5-13H2,1-4H3. The van der Waals surface area contributed by atoms with Gasteiger partial charge in [-0.15, -0.1) is 0 Å². The van der Waals surface area contributed by atoms with Gasteiger partial charge in [0.25, 0.3) is 0 Å². The zero-order valence-electron chi connectivity index (χ0n) is 13.3. The fourth-order valence-corrected chi connectivity index (χ4v) is 3.83. The Morgan fingerprint density at radius 2 is 1.79 bits per heavy atom. The highest BCUT2D eigenvalue weighted by molar-refractivity contribution is 5.85. The van der Waals surface area contributed by atoms with Crippen LogP contribution in [0, 0.1) is 17.3 Å². The van der Waals surface area contributed by atoms with Crippen molar-refractivity contribution in [2.75, 3.05) is 13.7 Å². The maximum Gasteiger partial charge on any atom is 0.141 e. The summed E-state index contributed by atoms with van der Waals surface area (Å²) in [6, 6.07) is 0. The summed E-state index contributed by atoms with van der Waals surface area (Å²) in [6.07, 6.45) is 9.07. The molecule has 1 rings (SSSR count). The minimum Gasteiger partial charge on any atom is -0.384 e. The summed E-state index contributed by atoms with van der Waals surface area (Å²) in [5.41, 5.74) is -0.209. The number of carbonyl (C=O) groups is 1. The highest BCUT2D eigenvalue weighted by atomic mass is 16.5. The summed E-state index contributed by atoms with van der Waals surface area (Å²) in [5.74, 6) is 1.40. The Labute approximate surface area is 119 Å². The molecule has 2 nitrogen and oxygen atoms in total. The SMILES string of the molecule is CCCCCCC(=O)C1(COC)C(C)CCCC1C. The molecule has 0 aromatic heterocycles. The number of Topliss-reactive ketones (excluding diaryl/α,β-unsaturated/α-hetero) is 1. The highest BCUT2D eigenvalue weighted by Gasteiger charge is 2.48. The largest absolute Gasteiger partial charge is 0.384 e. The van der Waals surface area contributed by atoms with E-state index in [1.165, 1.54) is 38.5 Å². The maximum absolute atomic E-state index is 12.8. The molecule has 2 unspecified atom stereocenters. The molecule has 0 radical (unpaired) electrons. The number of unbranched alkanes of at least 4 members (excludes halogenated alkanes) is 3. The summed E-state index contributed by atoms with van der Waals surface area (Å²) in [7, 11) is 1.74. The lowest BCUT2D eigenvalue weighted by Gasteiger charge is -2.46. The molecule has 1 aliphatic rings. The molecule has 0 bridgehead atoms. The number of rotatable bonds is 8. The number of methoxy groups -OCH3 is 1. The minimum atomic E-state index is -0.209. The zero-order valence-corrected chi connectivity index (χ0v) is 13.3. The van der Waals surface area contributed by atoms with Gasteiger partial charge in [0.05, 0.1) is 12.0 Å². The van der Waals surface area contributed by atoms with Crippen molar-refractivity contribution in [3.8, 4) is 0 Å². The van der Waals surface area contributed by atoms with Crippen LogP contribution in [0.25, 0.3) is 0 Å². The molecule has 112 valence electrons. The van der Waals surface area contributed by atoms with Gasteiger partial charge in [0.1, 0.15) is 5.78 Å². The molecular weight excluding hydrogens is 236 g/mol. The predicted octanol–water partition coefficient (Wildman–Crippen LogP) is 4.61. The first-order chi connectivity index (χ1) is 9.09. The average molecular weight is 268 g/mol. The third-order valence-corrected chi connectivity index (χ3v) is 5.19. The minimum absolute atomic E-state index is 0.209. The lowest BCUT2D eigenvalue weighted by Crippen LogP contribution is -2.49. The molecule has 0 N–H and O–H groups in total. The van der Waals surface area contributed by atoms with Crippen LogP contribution < -0.4 is 0 Å². The topological polar surface area (TPSA) is 26.3 Å². The van der Waals surface area contributed by atoms with Gasteiger partial charge in [-0.05, 0) is 31.1 Å². The van der Waals surface area contributed by atoms with E-state index in [2.05, 4.69) is 20.8 Å². The molecule has 0 amide bonds. The molecular formula is C17H32O2. The molecule has 1 aliphatic carbocycles. The Morgan fingerprint density at radius 3 is 2.32 bits per heavy atom. The average Bonchev–Trinajstić information content (AvgIpc) is 2.39. The van der Waals surface area contributed by atoms with Crippen LogP contribution in [-0.2, 0) is 9.53 Å². The quantitative estimate of drug-likeness (QED) is 0.601. The first kappa shape index (κ1) is 16.7. The van der Waals surface area contributed by atoms with E-state index in [0.717, 1.165) is 12.8 Å². The van der Waals surface area contributed by atoms with Gasteiger partial charge in [0, 0.05) is 13.5 Å². The Balaban J connectivity index is 2.70. The molecule has 2 heteroatoms. The Morgan fingerprint density at radius 1 is 1.16 bits per heavy atom. The van der Waals surface area contributed by atoms with Crippen LogP contribution in [0.15, 0.2) is 0 Å². The van der Waals surface area contributed by atoms with Crippen LogP contribution in [0.5, 0.6) is 0 Å². The predicted molar refractivity (Wildman–Crippen MR) is 80.3 cm³/mol. The van der Waals surface area contributed by atoms with Gasteiger partial charge in [-0.1, -0.05) is 46.5 Å². The van der Waals surface area contributed by atoms with E-state index in [0.29, 0.717) is 24.2 Å². The van der Waals surface area contributed by atoms with Crippen LogP contribution in [0.4, 0.5) is 0 Å². The highest BCUT2D eigenvalue weighted by Crippen LogP contribution is 2.47. The normalized spacial score (nSPS) is 31.4. The van der Waals surface area contributed by atoms with E-state index in [1.807, 2.05) is 0 Å². The molecule has 0 heterocycles. The van der Waals surface area contributed by atoms with E-state index < -0.39 is 0 Å². The van der Waals surface area contributed by atoms with Crippen LogP contribution in [0.3, 0.4) is 0 Å². The molecule has 1 fully saturated rings. The number of hydrogen-bond donors (Lipinski definition) is 0. The third kappa shape index (κ3) is 3.81. The number of ether oxygens (including phenoxy) is 1. The first-order valence-corrected chi connectivity index (χ1v) is 8.11. The van der Waals surface area contributed by atoms with Crippen molar-refractivity contribution < 1.29 is 9.53 Å². The van der Waals surface area contributed by atoms with Crippen molar-refractivity contribution in [3.05, 3.63) is 0 Å². The van der Waals surface area contributed by atoms with E-state index in [-0.39, 0.29) is 5.41 Å². The van der Waals surface area contributed by atoms with E-state index in [4.69, 9.17) is 4.74 Å². The van der Waals surface area contributed by atoms with Gasteiger partial charge in [-0.25, -0.2) is 0 Å². The Bertz CT molecular complexity index is 262. The molecule has 0 aliphatic heterocycles. The molecule has 19 heavy (non-hydrogen) atoms. The second-order valence-electron chi connectivity index (χ2n) is 6.44. The molecule has 1 saturated carbocycles.